The number of likely N-dealkylation sites (tertiary alicyclic amines) is 1. The minimum absolute atomic E-state index is 0. The number of benzene rings is 1. The van der Waals surface area contributed by atoms with Gasteiger partial charge in [0.1, 0.15) is 0 Å². The lowest BCUT2D eigenvalue weighted by Crippen LogP contribution is -2.47. The molecule has 2 aliphatic rings. The van der Waals surface area contributed by atoms with E-state index in [1.807, 2.05) is 0 Å². The molecule has 7 nitrogen and oxygen atoms in total. The van der Waals surface area contributed by atoms with Crippen LogP contribution in [0.3, 0.4) is 0 Å². The number of nitrogens with zero attached hydrogens (tertiary/aromatic N) is 4. The second-order valence-electron chi connectivity index (χ2n) is 9.06. The Kier molecular flexibility index (Phi) is 12.3. The van der Waals surface area contributed by atoms with Crippen molar-refractivity contribution in [2.45, 2.75) is 39.5 Å². The Balaban J connectivity index is 0.00000385. The molecule has 0 aromatic heterocycles. The van der Waals surface area contributed by atoms with Crippen molar-refractivity contribution in [3.05, 3.63) is 29.8 Å². The molecule has 1 aromatic rings. The van der Waals surface area contributed by atoms with Crippen molar-refractivity contribution in [2.75, 3.05) is 70.9 Å². The third-order valence-electron chi connectivity index (χ3n) is 6.63. The first-order valence-corrected chi connectivity index (χ1v) is 12.4. The summed E-state index contributed by atoms with van der Waals surface area (Å²) in [5, 5.41) is 6.21. The Labute approximate surface area is 217 Å². The number of anilines is 1. The van der Waals surface area contributed by atoms with Crippen molar-refractivity contribution < 1.29 is 4.79 Å². The number of piperazine rings is 1. The molecule has 3 rings (SSSR count). The third-order valence-corrected chi connectivity index (χ3v) is 6.63. The highest BCUT2D eigenvalue weighted by Crippen LogP contribution is 2.21. The third kappa shape index (κ3) is 8.96. The van der Waals surface area contributed by atoms with E-state index in [2.05, 4.69) is 63.4 Å². The van der Waals surface area contributed by atoms with E-state index >= 15 is 0 Å². The number of rotatable bonds is 8. The summed E-state index contributed by atoms with van der Waals surface area (Å²) in [6.45, 7) is 13.5. The van der Waals surface area contributed by atoms with E-state index in [-0.39, 0.29) is 29.9 Å². The summed E-state index contributed by atoms with van der Waals surface area (Å²) in [5.74, 6) is 1.69. The van der Waals surface area contributed by atoms with E-state index in [4.69, 9.17) is 4.99 Å². The first kappa shape index (κ1) is 27.7. The minimum atomic E-state index is 0. The second kappa shape index (κ2) is 14.7. The summed E-state index contributed by atoms with van der Waals surface area (Å²) < 4.78 is 0. The molecule has 0 bridgehead atoms. The van der Waals surface area contributed by atoms with Gasteiger partial charge in [-0.1, -0.05) is 12.1 Å². The molecule has 0 spiro atoms. The summed E-state index contributed by atoms with van der Waals surface area (Å²) in [6.07, 6.45) is 3.85. The molecule has 1 amide bonds. The Morgan fingerprint density at radius 2 is 1.85 bits per heavy atom. The topological polar surface area (TPSA) is 63.2 Å². The van der Waals surface area contributed by atoms with Gasteiger partial charge in [0.05, 0.1) is 0 Å². The lowest BCUT2D eigenvalue weighted by Gasteiger charge is -2.36. The summed E-state index contributed by atoms with van der Waals surface area (Å²) in [5.41, 5.74) is 2.68. The highest BCUT2D eigenvalue weighted by Gasteiger charge is 2.23. The lowest BCUT2D eigenvalue weighted by molar-refractivity contribution is -0.121. The van der Waals surface area contributed by atoms with Gasteiger partial charge in [0.15, 0.2) is 5.96 Å². The molecule has 1 aromatic carbocycles. The Morgan fingerprint density at radius 3 is 2.48 bits per heavy atom. The normalized spacial score (nSPS) is 18.1. The molecular weight excluding hydrogens is 527 g/mol. The molecule has 2 fully saturated rings. The number of carbonyl (C=O) groups excluding carboxylic acids is 1. The molecule has 2 saturated heterocycles. The van der Waals surface area contributed by atoms with Gasteiger partial charge in [-0.15, -0.1) is 24.0 Å². The zero-order valence-electron chi connectivity index (χ0n) is 20.7. The summed E-state index contributed by atoms with van der Waals surface area (Å²) in [4.78, 5) is 24.0. The molecule has 0 saturated carbocycles. The highest BCUT2D eigenvalue weighted by molar-refractivity contribution is 14.0. The number of hydrogen-bond acceptors (Lipinski definition) is 4. The first-order chi connectivity index (χ1) is 15.6. The van der Waals surface area contributed by atoms with E-state index < -0.39 is 0 Å². The molecule has 0 radical (unpaired) electrons. The van der Waals surface area contributed by atoms with Crippen LogP contribution in [0.15, 0.2) is 29.3 Å². The smallest absolute Gasteiger partial charge is 0.220 e. The molecule has 2 heterocycles. The van der Waals surface area contributed by atoms with Crippen LogP contribution in [0.2, 0.25) is 0 Å². The Morgan fingerprint density at radius 1 is 1.12 bits per heavy atom. The molecule has 33 heavy (non-hydrogen) atoms. The zero-order chi connectivity index (χ0) is 22.8. The number of guanidine groups is 1. The lowest BCUT2D eigenvalue weighted by atomic mass is 9.93. The largest absolute Gasteiger partial charge is 0.369 e. The monoisotopic (exact) mass is 570 g/mol. The Bertz CT molecular complexity index is 742. The fraction of sp³-hybridized carbons (Fsp3) is 0.680. The van der Waals surface area contributed by atoms with Crippen LogP contribution in [-0.4, -0.2) is 87.6 Å². The van der Waals surface area contributed by atoms with Crippen LogP contribution >= 0.6 is 24.0 Å². The SMILES string of the molecule is CCNC(=NCCCN1CCN(c2cccc(C)c2)CC1)N1CCC(CC(=O)NC)CC1.I. The van der Waals surface area contributed by atoms with Crippen LogP contribution in [0, 0.1) is 12.8 Å². The van der Waals surface area contributed by atoms with Gasteiger partial charge in [0.2, 0.25) is 5.91 Å². The van der Waals surface area contributed by atoms with Gasteiger partial charge in [-0.3, -0.25) is 14.7 Å². The van der Waals surface area contributed by atoms with Crippen molar-refractivity contribution in [1.82, 2.24) is 20.4 Å². The van der Waals surface area contributed by atoms with E-state index in [0.29, 0.717) is 12.3 Å². The van der Waals surface area contributed by atoms with Crippen molar-refractivity contribution >= 4 is 41.5 Å². The number of halogens is 1. The van der Waals surface area contributed by atoms with Gasteiger partial charge < -0.3 is 20.4 Å². The molecular formula is C25H43IN6O. The molecule has 0 unspecified atom stereocenters. The molecule has 2 N–H and O–H groups in total. The number of carbonyl (C=O) groups is 1. The maximum Gasteiger partial charge on any atom is 0.220 e. The average Bonchev–Trinajstić information content (AvgIpc) is 2.82. The number of aliphatic imine (C=N–C) groups is 1. The fourth-order valence-corrected chi connectivity index (χ4v) is 4.67. The zero-order valence-corrected chi connectivity index (χ0v) is 23.0. The fourth-order valence-electron chi connectivity index (χ4n) is 4.67. The van der Waals surface area contributed by atoms with Crippen LogP contribution < -0.4 is 15.5 Å². The van der Waals surface area contributed by atoms with E-state index in [0.717, 1.165) is 84.1 Å². The summed E-state index contributed by atoms with van der Waals surface area (Å²) in [6, 6.07) is 8.82. The van der Waals surface area contributed by atoms with Gasteiger partial charge >= 0.3 is 0 Å². The maximum absolute atomic E-state index is 11.6. The quantitative estimate of drug-likeness (QED) is 0.218. The van der Waals surface area contributed by atoms with Crippen LogP contribution in [-0.2, 0) is 4.79 Å². The minimum Gasteiger partial charge on any atom is -0.369 e. The number of amides is 1. The van der Waals surface area contributed by atoms with Gasteiger partial charge in [0, 0.05) is 78.1 Å². The van der Waals surface area contributed by atoms with Crippen LogP contribution in [0.5, 0.6) is 0 Å². The van der Waals surface area contributed by atoms with Crippen molar-refractivity contribution in [1.29, 1.82) is 0 Å². The van der Waals surface area contributed by atoms with Crippen molar-refractivity contribution in [3.8, 4) is 0 Å². The van der Waals surface area contributed by atoms with E-state index in [1.165, 1.54) is 11.3 Å². The van der Waals surface area contributed by atoms with Crippen molar-refractivity contribution in [2.24, 2.45) is 10.9 Å². The van der Waals surface area contributed by atoms with Crippen LogP contribution in [0.1, 0.15) is 38.2 Å². The number of aryl methyl sites for hydroxylation is 1. The van der Waals surface area contributed by atoms with Crippen molar-refractivity contribution in [3.63, 3.8) is 0 Å². The number of nitrogens with one attached hydrogen (secondary N) is 2. The standard InChI is InChI=1S/C25H42N6O.HI/c1-4-27-25(31-13-9-22(10-14-31)20-24(32)26-3)28-11-6-12-29-15-17-30(18-16-29)23-8-5-7-21(2)19-23;/h5,7-8,19,22H,4,6,9-18,20H2,1-3H3,(H,26,32)(H,27,28);1H. The first-order valence-electron chi connectivity index (χ1n) is 12.4. The van der Waals surface area contributed by atoms with Gasteiger partial charge in [-0.05, 0) is 56.7 Å². The predicted molar refractivity (Wildman–Crippen MR) is 149 cm³/mol. The maximum atomic E-state index is 11.6. The van der Waals surface area contributed by atoms with Crippen LogP contribution in [0.4, 0.5) is 5.69 Å². The molecule has 2 aliphatic heterocycles. The molecule has 8 heteroatoms. The number of piperidine rings is 1. The van der Waals surface area contributed by atoms with Crippen LogP contribution in [0.25, 0.3) is 0 Å². The predicted octanol–water partition coefficient (Wildman–Crippen LogP) is 2.94. The average molecular weight is 571 g/mol. The second-order valence-corrected chi connectivity index (χ2v) is 9.06. The molecule has 186 valence electrons. The summed E-state index contributed by atoms with van der Waals surface area (Å²) in [7, 11) is 1.72. The summed E-state index contributed by atoms with van der Waals surface area (Å²) >= 11 is 0. The Hall–Kier alpha value is -1.55. The van der Waals surface area contributed by atoms with E-state index in [9.17, 15) is 4.79 Å². The molecule has 0 atom stereocenters. The van der Waals surface area contributed by atoms with Gasteiger partial charge in [0.25, 0.3) is 0 Å². The van der Waals surface area contributed by atoms with E-state index in [1.54, 1.807) is 7.05 Å². The number of hydrogen-bond donors (Lipinski definition) is 2. The highest BCUT2D eigenvalue weighted by atomic mass is 127. The van der Waals surface area contributed by atoms with Gasteiger partial charge in [-0.25, -0.2) is 0 Å². The van der Waals surface area contributed by atoms with Gasteiger partial charge in [-0.2, -0.15) is 0 Å². The molecule has 0 aliphatic carbocycles.